The predicted molar refractivity (Wildman–Crippen MR) is 116 cm³/mol. The fourth-order valence-corrected chi connectivity index (χ4v) is 2.91. The molecule has 3 aromatic rings. The summed E-state index contributed by atoms with van der Waals surface area (Å²) in [5.41, 5.74) is 1.69. The van der Waals surface area contributed by atoms with Crippen molar-refractivity contribution < 1.29 is 19.4 Å². The Hall–Kier alpha value is -3.64. The van der Waals surface area contributed by atoms with Gasteiger partial charge in [0, 0.05) is 5.69 Å². The van der Waals surface area contributed by atoms with E-state index in [-0.39, 0.29) is 12.3 Å². The number of carbonyl (C=O) groups is 2. The van der Waals surface area contributed by atoms with Crippen molar-refractivity contribution in [1.82, 2.24) is 5.32 Å². The van der Waals surface area contributed by atoms with Crippen molar-refractivity contribution in [2.24, 2.45) is 0 Å². The molecule has 0 bridgehead atoms. The number of benzene rings is 3. The fraction of sp³-hybridized carbons (Fsp3) is 0.167. The van der Waals surface area contributed by atoms with E-state index in [1.807, 2.05) is 60.7 Å². The van der Waals surface area contributed by atoms with Gasteiger partial charge in [0.05, 0.1) is 6.42 Å². The summed E-state index contributed by atoms with van der Waals surface area (Å²) in [6, 6.07) is 25.1. The van der Waals surface area contributed by atoms with Crippen LogP contribution in [0, 0.1) is 0 Å². The molecule has 6 heteroatoms. The minimum absolute atomic E-state index is 0.160. The molecule has 3 aromatic carbocycles. The number of hydrogen-bond donors (Lipinski definition) is 3. The molecule has 0 heterocycles. The number of nitrogens with one attached hydrogen (secondary N) is 2. The average Bonchev–Trinajstić information content (AvgIpc) is 2.76. The first-order chi connectivity index (χ1) is 14.6. The highest BCUT2D eigenvalue weighted by atomic mass is 16.5. The third kappa shape index (κ3) is 6.76. The van der Waals surface area contributed by atoms with Crippen LogP contribution in [0.4, 0.5) is 5.69 Å². The van der Waals surface area contributed by atoms with E-state index in [2.05, 4.69) is 10.6 Å². The monoisotopic (exact) mass is 404 g/mol. The smallest absolute Gasteiger partial charge is 0.321 e. The molecule has 0 aliphatic heterocycles. The molecule has 0 aliphatic rings. The third-order valence-corrected chi connectivity index (χ3v) is 4.45. The van der Waals surface area contributed by atoms with Gasteiger partial charge in [0.1, 0.15) is 17.5 Å². The molecule has 3 N–H and O–H groups in total. The van der Waals surface area contributed by atoms with Crippen molar-refractivity contribution in [3.8, 4) is 11.5 Å². The zero-order valence-corrected chi connectivity index (χ0v) is 16.5. The van der Waals surface area contributed by atoms with Crippen molar-refractivity contribution in [2.75, 3.05) is 11.9 Å². The maximum atomic E-state index is 12.3. The van der Waals surface area contributed by atoms with Gasteiger partial charge in [-0.3, -0.25) is 9.59 Å². The van der Waals surface area contributed by atoms with Gasteiger partial charge in [-0.1, -0.05) is 48.5 Å². The Labute approximate surface area is 175 Å². The van der Waals surface area contributed by atoms with E-state index in [0.29, 0.717) is 24.4 Å². The highest BCUT2D eigenvalue weighted by Gasteiger charge is 2.20. The molecule has 0 spiro atoms. The number of hydrogen-bond acceptors (Lipinski definition) is 4. The van der Waals surface area contributed by atoms with Crippen molar-refractivity contribution in [1.29, 1.82) is 0 Å². The van der Waals surface area contributed by atoms with Gasteiger partial charge < -0.3 is 20.5 Å². The Kier molecular flexibility index (Phi) is 7.58. The quantitative estimate of drug-likeness (QED) is 0.474. The Balaban J connectivity index is 1.48. The van der Waals surface area contributed by atoms with E-state index < -0.39 is 12.0 Å². The summed E-state index contributed by atoms with van der Waals surface area (Å²) in [6.07, 6.45) is 0.529. The van der Waals surface area contributed by atoms with Gasteiger partial charge in [-0.15, -0.1) is 0 Å². The number of para-hydroxylation sites is 1. The second kappa shape index (κ2) is 10.8. The minimum Gasteiger partial charge on any atom is -0.480 e. The Morgan fingerprint density at radius 1 is 0.833 bits per heavy atom. The van der Waals surface area contributed by atoms with Gasteiger partial charge in [0.15, 0.2) is 0 Å². The van der Waals surface area contributed by atoms with Gasteiger partial charge in [-0.2, -0.15) is 0 Å². The molecular weight excluding hydrogens is 380 g/mol. The lowest BCUT2D eigenvalue weighted by molar-refractivity contribution is -0.141. The third-order valence-electron chi connectivity index (χ3n) is 4.45. The molecule has 3 rings (SSSR count). The van der Waals surface area contributed by atoms with Crippen molar-refractivity contribution in [3.05, 3.63) is 90.5 Å². The zero-order valence-electron chi connectivity index (χ0n) is 16.5. The van der Waals surface area contributed by atoms with Crippen LogP contribution in [-0.2, 0) is 16.0 Å². The highest BCUT2D eigenvalue weighted by Crippen LogP contribution is 2.22. The normalized spacial score (nSPS) is 11.5. The van der Waals surface area contributed by atoms with Crippen LogP contribution in [0.1, 0.15) is 12.0 Å². The topological polar surface area (TPSA) is 87.7 Å². The van der Waals surface area contributed by atoms with Crippen LogP contribution in [0.5, 0.6) is 11.5 Å². The molecule has 0 radical (unpaired) electrons. The summed E-state index contributed by atoms with van der Waals surface area (Å²) >= 11 is 0. The second-order valence-corrected chi connectivity index (χ2v) is 6.77. The van der Waals surface area contributed by atoms with E-state index in [4.69, 9.17) is 4.74 Å². The molecule has 0 aromatic heterocycles. The number of aliphatic carboxylic acids is 1. The molecule has 1 atom stereocenters. The molecule has 0 unspecified atom stereocenters. The zero-order chi connectivity index (χ0) is 21.2. The van der Waals surface area contributed by atoms with Crippen LogP contribution in [0.2, 0.25) is 0 Å². The van der Waals surface area contributed by atoms with Crippen LogP contribution in [0.25, 0.3) is 0 Å². The Bertz CT molecular complexity index is 944. The van der Waals surface area contributed by atoms with Crippen molar-refractivity contribution >= 4 is 17.6 Å². The largest absolute Gasteiger partial charge is 0.480 e. The van der Waals surface area contributed by atoms with Crippen molar-refractivity contribution in [2.45, 2.75) is 18.9 Å². The summed E-state index contributed by atoms with van der Waals surface area (Å²) in [4.78, 5) is 23.8. The fourth-order valence-electron chi connectivity index (χ4n) is 2.91. The molecule has 0 saturated heterocycles. The first-order valence-electron chi connectivity index (χ1n) is 9.73. The molecule has 154 valence electrons. The SMILES string of the molecule is O=C(C[C@@H](NCCc1ccccc1)C(=O)O)Nc1ccc(Oc2ccccc2)cc1. The first-order valence-corrected chi connectivity index (χ1v) is 9.73. The molecule has 0 saturated carbocycles. The lowest BCUT2D eigenvalue weighted by Crippen LogP contribution is -2.40. The molecule has 6 nitrogen and oxygen atoms in total. The summed E-state index contributed by atoms with van der Waals surface area (Å²) < 4.78 is 5.71. The summed E-state index contributed by atoms with van der Waals surface area (Å²) in [6.45, 7) is 0.472. The average molecular weight is 404 g/mol. The molecular formula is C24H24N2O4. The van der Waals surface area contributed by atoms with Crippen LogP contribution in [0.15, 0.2) is 84.9 Å². The van der Waals surface area contributed by atoms with Gasteiger partial charge >= 0.3 is 5.97 Å². The minimum atomic E-state index is -1.05. The van der Waals surface area contributed by atoms with E-state index in [0.717, 1.165) is 11.3 Å². The van der Waals surface area contributed by atoms with Crippen molar-refractivity contribution in [3.63, 3.8) is 0 Å². The Morgan fingerprint density at radius 2 is 1.43 bits per heavy atom. The number of carboxylic acid groups (broad SMARTS) is 1. The number of carbonyl (C=O) groups excluding carboxylic acids is 1. The summed E-state index contributed by atoms with van der Waals surface area (Å²) in [5, 5.41) is 15.1. The summed E-state index contributed by atoms with van der Waals surface area (Å²) in [7, 11) is 0. The van der Waals surface area contributed by atoms with Gasteiger partial charge in [0.2, 0.25) is 5.91 Å². The molecule has 1 amide bonds. The number of carboxylic acids is 1. The van der Waals surface area contributed by atoms with E-state index in [1.165, 1.54) is 0 Å². The van der Waals surface area contributed by atoms with Crippen LogP contribution in [0.3, 0.4) is 0 Å². The second-order valence-electron chi connectivity index (χ2n) is 6.77. The molecule has 0 fully saturated rings. The number of amides is 1. The van der Waals surface area contributed by atoms with Crippen LogP contribution < -0.4 is 15.4 Å². The number of rotatable bonds is 10. The summed E-state index contributed by atoms with van der Waals surface area (Å²) in [5.74, 6) is -0.0542. The number of anilines is 1. The highest BCUT2D eigenvalue weighted by molar-refractivity contribution is 5.94. The van der Waals surface area contributed by atoms with E-state index in [1.54, 1.807) is 24.3 Å². The van der Waals surface area contributed by atoms with E-state index in [9.17, 15) is 14.7 Å². The molecule has 30 heavy (non-hydrogen) atoms. The van der Waals surface area contributed by atoms with Crippen LogP contribution >= 0.6 is 0 Å². The predicted octanol–water partition coefficient (Wildman–Crippen LogP) is 4.09. The Morgan fingerprint density at radius 3 is 2.07 bits per heavy atom. The molecule has 0 aliphatic carbocycles. The maximum absolute atomic E-state index is 12.3. The lowest BCUT2D eigenvalue weighted by atomic mass is 10.1. The van der Waals surface area contributed by atoms with E-state index >= 15 is 0 Å². The van der Waals surface area contributed by atoms with Crippen LogP contribution in [-0.4, -0.2) is 29.6 Å². The van der Waals surface area contributed by atoms with Gasteiger partial charge in [-0.25, -0.2) is 0 Å². The van der Waals surface area contributed by atoms with Gasteiger partial charge in [-0.05, 0) is 54.9 Å². The maximum Gasteiger partial charge on any atom is 0.321 e. The first kappa shape index (κ1) is 21.1. The standard InChI is InChI=1S/C24H24N2O4/c27-23(17-22(24(28)29)25-16-15-18-7-3-1-4-8-18)26-19-11-13-21(14-12-19)30-20-9-5-2-6-10-20/h1-14,22,25H,15-17H2,(H,26,27)(H,28,29)/t22-/m1/s1. The number of ether oxygens (including phenoxy) is 1. The lowest BCUT2D eigenvalue weighted by Gasteiger charge is -2.14. The van der Waals surface area contributed by atoms with Gasteiger partial charge in [0.25, 0.3) is 0 Å².